The minimum Gasteiger partial charge on any atom is -0.494 e. The molecular formula is C11H16N2O4S. The van der Waals surface area contributed by atoms with Crippen LogP contribution in [-0.4, -0.2) is 45.8 Å². The van der Waals surface area contributed by atoms with Gasteiger partial charge in [-0.15, -0.1) is 0 Å². The van der Waals surface area contributed by atoms with Gasteiger partial charge in [-0.25, -0.2) is 0 Å². The van der Waals surface area contributed by atoms with Crippen LogP contribution in [0.3, 0.4) is 0 Å². The summed E-state index contributed by atoms with van der Waals surface area (Å²) in [6.45, 7) is 0.647. The number of H-pyrrole nitrogens is 1. The Balaban J connectivity index is 2.34. The third-order valence-electron chi connectivity index (χ3n) is 2.07. The SMILES string of the molecule is O=C(NCCSCCCO)c1cc(O)[nH]c(=O)c1. The maximum absolute atomic E-state index is 11.6. The van der Waals surface area contributed by atoms with Crippen molar-refractivity contribution in [1.82, 2.24) is 10.3 Å². The van der Waals surface area contributed by atoms with E-state index in [1.807, 2.05) is 0 Å². The zero-order chi connectivity index (χ0) is 13.4. The van der Waals surface area contributed by atoms with Crippen LogP contribution in [-0.2, 0) is 0 Å². The van der Waals surface area contributed by atoms with Crippen LogP contribution in [0.15, 0.2) is 16.9 Å². The highest BCUT2D eigenvalue weighted by Crippen LogP contribution is 2.04. The fourth-order valence-electron chi connectivity index (χ4n) is 1.27. The Labute approximate surface area is 108 Å². The molecule has 0 fully saturated rings. The number of hydrogen-bond donors (Lipinski definition) is 4. The minimum absolute atomic E-state index is 0.136. The van der Waals surface area contributed by atoms with Crippen LogP contribution in [0.25, 0.3) is 0 Å². The maximum Gasteiger partial charge on any atom is 0.251 e. The predicted molar refractivity (Wildman–Crippen MR) is 70.1 cm³/mol. The van der Waals surface area contributed by atoms with E-state index in [1.165, 1.54) is 6.07 Å². The molecule has 7 heteroatoms. The first-order chi connectivity index (χ1) is 8.63. The molecule has 1 heterocycles. The number of hydrogen-bond acceptors (Lipinski definition) is 5. The second-order valence-corrected chi connectivity index (χ2v) is 4.79. The number of amides is 1. The molecule has 0 aliphatic carbocycles. The number of aromatic nitrogens is 1. The van der Waals surface area contributed by atoms with Crippen molar-refractivity contribution in [3.63, 3.8) is 0 Å². The topological polar surface area (TPSA) is 102 Å². The van der Waals surface area contributed by atoms with Gasteiger partial charge < -0.3 is 15.5 Å². The van der Waals surface area contributed by atoms with E-state index in [0.717, 1.165) is 24.0 Å². The first kappa shape index (κ1) is 14.6. The van der Waals surface area contributed by atoms with Crippen molar-refractivity contribution in [2.45, 2.75) is 6.42 Å². The first-order valence-electron chi connectivity index (χ1n) is 5.53. The summed E-state index contributed by atoms with van der Waals surface area (Å²) in [5, 5.41) is 20.4. The molecule has 0 radical (unpaired) electrons. The van der Waals surface area contributed by atoms with Crippen LogP contribution in [0.2, 0.25) is 0 Å². The molecule has 6 nitrogen and oxygen atoms in total. The van der Waals surface area contributed by atoms with E-state index in [2.05, 4.69) is 10.3 Å². The van der Waals surface area contributed by atoms with Crippen LogP contribution in [0.4, 0.5) is 0 Å². The van der Waals surface area contributed by atoms with Gasteiger partial charge in [-0.3, -0.25) is 14.6 Å². The van der Waals surface area contributed by atoms with Crippen molar-refractivity contribution in [3.05, 3.63) is 28.0 Å². The van der Waals surface area contributed by atoms with E-state index in [-0.39, 0.29) is 24.0 Å². The quantitative estimate of drug-likeness (QED) is 0.520. The van der Waals surface area contributed by atoms with Crippen LogP contribution in [0, 0.1) is 0 Å². The minimum atomic E-state index is -0.516. The van der Waals surface area contributed by atoms with E-state index in [1.54, 1.807) is 11.8 Å². The van der Waals surface area contributed by atoms with Gasteiger partial charge in [0.1, 0.15) is 0 Å². The van der Waals surface area contributed by atoms with Gasteiger partial charge in [0.25, 0.3) is 11.5 Å². The lowest BCUT2D eigenvalue weighted by Crippen LogP contribution is -2.27. The number of pyridine rings is 1. The molecule has 0 saturated carbocycles. The van der Waals surface area contributed by atoms with Crippen molar-refractivity contribution >= 4 is 17.7 Å². The van der Waals surface area contributed by atoms with Crippen molar-refractivity contribution in [2.24, 2.45) is 0 Å². The molecule has 4 N–H and O–H groups in total. The second kappa shape index (κ2) is 7.78. The van der Waals surface area contributed by atoms with E-state index in [9.17, 15) is 9.59 Å². The molecule has 0 atom stereocenters. The standard InChI is InChI=1S/C11H16N2O4S/c14-3-1-4-18-5-2-12-11(17)8-6-9(15)13-10(16)7-8/h6-7,14H,1-5H2,(H,12,17)(H2,13,15,16). The Morgan fingerprint density at radius 3 is 2.83 bits per heavy atom. The number of nitrogens with one attached hydrogen (secondary N) is 2. The number of thioether (sulfide) groups is 1. The Morgan fingerprint density at radius 2 is 2.17 bits per heavy atom. The van der Waals surface area contributed by atoms with E-state index in [0.29, 0.717) is 6.54 Å². The molecule has 0 aliphatic rings. The molecule has 0 aliphatic heterocycles. The summed E-state index contributed by atoms with van der Waals surface area (Å²) in [7, 11) is 0. The molecule has 0 unspecified atom stereocenters. The molecule has 0 aromatic carbocycles. The summed E-state index contributed by atoms with van der Waals surface area (Å²) in [4.78, 5) is 24.8. The largest absolute Gasteiger partial charge is 0.494 e. The number of carbonyl (C=O) groups excluding carboxylic acids is 1. The van der Waals surface area contributed by atoms with Crippen LogP contribution in [0.5, 0.6) is 5.88 Å². The Bertz CT molecular complexity index is 447. The predicted octanol–water partition coefficient (Wildman–Crippen LogP) is -0.0741. The lowest BCUT2D eigenvalue weighted by molar-refractivity contribution is 0.0955. The number of aromatic amines is 1. The van der Waals surface area contributed by atoms with Crippen molar-refractivity contribution in [2.75, 3.05) is 24.7 Å². The number of aliphatic hydroxyl groups is 1. The summed E-state index contributed by atoms with van der Waals surface area (Å²) in [5.74, 6) is 0.864. The molecule has 0 spiro atoms. The average Bonchev–Trinajstić information content (AvgIpc) is 2.32. The maximum atomic E-state index is 11.6. The molecular weight excluding hydrogens is 256 g/mol. The van der Waals surface area contributed by atoms with Gasteiger partial charge >= 0.3 is 0 Å². The number of aromatic hydroxyl groups is 1. The summed E-state index contributed by atoms with van der Waals surface area (Å²) < 4.78 is 0. The van der Waals surface area contributed by atoms with Crippen molar-refractivity contribution in [3.8, 4) is 5.88 Å². The molecule has 0 bridgehead atoms. The zero-order valence-corrected chi connectivity index (χ0v) is 10.6. The third-order valence-corrected chi connectivity index (χ3v) is 3.14. The summed E-state index contributed by atoms with van der Waals surface area (Å²) in [5.41, 5.74) is -0.380. The van der Waals surface area contributed by atoms with Gasteiger partial charge in [0.15, 0.2) is 5.88 Å². The monoisotopic (exact) mass is 272 g/mol. The molecule has 1 aromatic rings. The Hall–Kier alpha value is -1.47. The molecule has 1 aromatic heterocycles. The fourth-order valence-corrected chi connectivity index (χ4v) is 2.05. The summed E-state index contributed by atoms with van der Waals surface area (Å²) in [6.07, 6.45) is 0.737. The van der Waals surface area contributed by atoms with Crippen molar-refractivity contribution < 1.29 is 15.0 Å². The first-order valence-corrected chi connectivity index (χ1v) is 6.69. The molecule has 0 saturated heterocycles. The highest BCUT2D eigenvalue weighted by atomic mass is 32.2. The molecule has 18 heavy (non-hydrogen) atoms. The van der Waals surface area contributed by atoms with Crippen molar-refractivity contribution in [1.29, 1.82) is 0 Å². The lowest BCUT2D eigenvalue weighted by atomic mass is 10.2. The van der Waals surface area contributed by atoms with Gasteiger partial charge in [-0.05, 0) is 12.2 Å². The van der Waals surface area contributed by atoms with E-state index >= 15 is 0 Å². The Kier molecular flexibility index (Phi) is 6.31. The smallest absolute Gasteiger partial charge is 0.251 e. The third kappa shape index (κ3) is 5.24. The zero-order valence-electron chi connectivity index (χ0n) is 9.81. The highest BCUT2D eigenvalue weighted by molar-refractivity contribution is 7.99. The average molecular weight is 272 g/mol. The normalized spacial score (nSPS) is 10.3. The van der Waals surface area contributed by atoms with Crippen LogP contribution in [0.1, 0.15) is 16.8 Å². The summed E-state index contributed by atoms with van der Waals surface area (Å²) >= 11 is 1.63. The second-order valence-electron chi connectivity index (χ2n) is 3.56. The summed E-state index contributed by atoms with van der Waals surface area (Å²) in [6, 6.07) is 2.34. The van der Waals surface area contributed by atoms with Gasteiger partial charge in [0.2, 0.25) is 0 Å². The highest BCUT2D eigenvalue weighted by Gasteiger charge is 2.07. The van der Waals surface area contributed by atoms with E-state index in [4.69, 9.17) is 10.2 Å². The van der Waals surface area contributed by atoms with Gasteiger partial charge in [0.05, 0.1) is 5.56 Å². The van der Waals surface area contributed by atoms with Gasteiger partial charge in [0, 0.05) is 31.0 Å². The van der Waals surface area contributed by atoms with E-state index < -0.39 is 5.56 Å². The number of rotatable bonds is 7. The molecule has 100 valence electrons. The lowest BCUT2D eigenvalue weighted by Gasteiger charge is -2.05. The van der Waals surface area contributed by atoms with Gasteiger partial charge in [-0.1, -0.05) is 0 Å². The molecule has 1 rings (SSSR count). The van der Waals surface area contributed by atoms with Crippen LogP contribution < -0.4 is 10.9 Å². The molecule has 1 amide bonds. The Morgan fingerprint density at radius 1 is 1.39 bits per heavy atom. The van der Waals surface area contributed by atoms with Crippen LogP contribution >= 0.6 is 11.8 Å². The fraction of sp³-hybridized carbons (Fsp3) is 0.455. The number of carbonyl (C=O) groups is 1. The number of aliphatic hydroxyl groups excluding tert-OH is 1. The van der Waals surface area contributed by atoms with Gasteiger partial charge in [-0.2, -0.15) is 11.8 Å².